The fourth-order valence-corrected chi connectivity index (χ4v) is 2.77. The van der Waals surface area contributed by atoms with Crippen molar-refractivity contribution in [3.63, 3.8) is 0 Å². The lowest BCUT2D eigenvalue weighted by atomic mass is 10.0. The number of alkyl halides is 3. The molecule has 0 aliphatic rings. The Labute approximate surface area is 140 Å². The SMILES string of the molecule is CCC(c1ccc(C(F)(F)F)c(F)c1)n1c(C(=O)OC)c[nH]c1=S. The third-order valence-electron chi connectivity index (χ3n) is 3.59. The first-order valence-corrected chi connectivity index (χ1v) is 7.36. The minimum absolute atomic E-state index is 0.106. The summed E-state index contributed by atoms with van der Waals surface area (Å²) in [6, 6.07) is 2.05. The van der Waals surface area contributed by atoms with Crippen LogP contribution in [0, 0.1) is 10.6 Å². The number of rotatable bonds is 4. The molecule has 1 heterocycles. The molecule has 1 aromatic heterocycles. The quantitative estimate of drug-likeness (QED) is 0.495. The first-order valence-electron chi connectivity index (χ1n) is 6.95. The molecule has 0 aliphatic heterocycles. The van der Waals surface area contributed by atoms with E-state index < -0.39 is 29.6 Å². The Balaban J connectivity index is 2.55. The highest BCUT2D eigenvalue weighted by atomic mass is 32.1. The molecule has 0 aliphatic carbocycles. The van der Waals surface area contributed by atoms with E-state index in [-0.39, 0.29) is 16.0 Å². The number of halogens is 4. The van der Waals surface area contributed by atoms with Crippen molar-refractivity contribution in [3.8, 4) is 0 Å². The van der Waals surface area contributed by atoms with Crippen LogP contribution in [-0.2, 0) is 10.9 Å². The Morgan fingerprint density at radius 2 is 2.08 bits per heavy atom. The number of imidazole rings is 1. The average Bonchev–Trinajstić information content (AvgIpc) is 2.88. The Kier molecular flexibility index (Phi) is 5.12. The van der Waals surface area contributed by atoms with Gasteiger partial charge in [0.15, 0.2) is 4.77 Å². The second-order valence-electron chi connectivity index (χ2n) is 5.00. The molecule has 0 saturated carbocycles. The Morgan fingerprint density at radius 3 is 2.58 bits per heavy atom. The molecule has 2 rings (SSSR count). The molecule has 1 unspecified atom stereocenters. The topological polar surface area (TPSA) is 47.0 Å². The van der Waals surface area contributed by atoms with Crippen LogP contribution in [0.5, 0.6) is 0 Å². The number of aromatic amines is 1. The zero-order valence-electron chi connectivity index (χ0n) is 12.8. The van der Waals surface area contributed by atoms with E-state index in [0.29, 0.717) is 12.5 Å². The summed E-state index contributed by atoms with van der Waals surface area (Å²) >= 11 is 5.13. The number of hydrogen-bond donors (Lipinski definition) is 1. The minimum atomic E-state index is -4.77. The van der Waals surface area contributed by atoms with Crippen molar-refractivity contribution in [1.82, 2.24) is 9.55 Å². The van der Waals surface area contributed by atoms with Gasteiger partial charge in [0.05, 0.1) is 18.7 Å². The van der Waals surface area contributed by atoms with Gasteiger partial charge in [-0.15, -0.1) is 0 Å². The third kappa shape index (κ3) is 3.35. The Bertz CT molecular complexity index is 811. The van der Waals surface area contributed by atoms with E-state index in [2.05, 4.69) is 9.72 Å². The van der Waals surface area contributed by atoms with E-state index in [4.69, 9.17) is 12.2 Å². The summed E-state index contributed by atoms with van der Waals surface area (Å²) in [5.74, 6) is -2.03. The second-order valence-corrected chi connectivity index (χ2v) is 5.39. The van der Waals surface area contributed by atoms with Gasteiger partial charge in [-0.3, -0.25) is 0 Å². The molecular formula is C15H14F4N2O2S. The highest BCUT2D eigenvalue weighted by Gasteiger charge is 2.34. The van der Waals surface area contributed by atoms with Gasteiger partial charge < -0.3 is 14.3 Å². The van der Waals surface area contributed by atoms with Crippen molar-refractivity contribution >= 4 is 18.2 Å². The van der Waals surface area contributed by atoms with Crippen LogP contribution < -0.4 is 0 Å². The maximum Gasteiger partial charge on any atom is 0.419 e. The van der Waals surface area contributed by atoms with Crippen molar-refractivity contribution in [2.45, 2.75) is 25.6 Å². The van der Waals surface area contributed by atoms with Crippen LogP contribution in [0.15, 0.2) is 24.4 Å². The molecule has 0 spiro atoms. The van der Waals surface area contributed by atoms with Crippen LogP contribution in [0.2, 0.25) is 0 Å². The van der Waals surface area contributed by atoms with E-state index in [1.54, 1.807) is 6.92 Å². The number of esters is 1. The van der Waals surface area contributed by atoms with E-state index >= 15 is 0 Å². The summed E-state index contributed by atoms with van der Waals surface area (Å²) in [4.78, 5) is 14.5. The van der Waals surface area contributed by atoms with Gasteiger partial charge in [0, 0.05) is 6.20 Å². The lowest BCUT2D eigenvalue weighted by molar-refractivity contribution is -0.140. The monoisotopic (exact) mass is 362 g/mol. The number of ether oxygens (including phenoxy) is 1. The zero-order valence-corrected chi connectivity index (χ0v) is 13.6. The highest BCUT2D eigenvalue weighted by molar-refractivity contribution is 7.71. The van der Waals surface area contributed by atoms with Gasteiger partial charge in [-0.05, 0) is 36.3 Å². The van der Waals surface area contributed by atoms with Gasteiger partial charge in [-0.2, -0.15) is 13.2 Å². The number of carbonyl (C=O) groups excluding carboxylic acids is 1. The lowest BCUT2D eigenvalue weighted by Gasteiger charge is -2.20. The van der Waals surface area contributed by atoms with Crippen LogP contribution in [-0.4, -0.2) is 22.6 Å². The number of carbonyl (C=O) groups is 1. The summed E-state index contributed by atoms with van der Waals surface area (Å²) in [7, 11) is 1.20. The highest BCUT2D eigenvalue weighted by Crippen LogP contribution is 2.34. The van der Waals surface area contributed by atoms with Crippen molar-refractivity contribution in [2.24, 2.45) is 0 Å². The van der Waals surface area contributed by atoms with Gasteiger partial charge in [0.2, 0.25) is 0 Å². The number of nitrogens with zero attached hydrogens (tertiary/aromatic N) is 1. The van der Waals surface area contributed by atoms with Crippen molar-refractivity contribution in [3.05, 3.63) is 51.8 Å². The van der Waals surface area contributed by atoms with E-state index in [1.807, 2.05) is 0 Å². The fourth-order valence-electron chi connectivity index (χ4n) is 2.49. The van der Waals surface area contributed by atoms with Gasteiger partial charge in [-0.25, -0.2) is 9.18 Å². The number of nitrogens with one attached hydrogen (secondary N) is 1. The van der Waals surface area contributed by atoms with Gasteiger partial charge in [-0.1, -0.05) is 13.0 Å². The molecule has 0 bridgehead atoms. The maximum absolute atomic E-state index is 13.9. The normalized spacial score (nSPS) is 12.9. The number of hydrogen-bond acceptors (Lipinski definition) is 3. The third-order valence-corrected chi connectivity index (χ3v) is 3.90. The molecule has 1 N–H and O–H groups in total. The molecular weight excluding hydrogens is 348 g/mol. The lowest BCUT2D eigenvalue weighted by Crippen LogP contribution is -2.18. The van der Waals surface area contributed by atoms with Gasteiger partial charge >= 0.3 is 12.1 Å². The molecule has 24 heavy (non-hydrogen) atoms. The molecule has 4 nitrogen and oxygen atoms in total. The summed E-state index contributed by atoms with van der Waals surface area (Å²) in [5, 5.41) is 0. The molecule has 2 aromatic rings. The predicted molar refractivity (Wildman–Crippen MR) is 80.8 cm³/mol. The zero-order chi connectivity index (χ0) is 18.1. The number of methoxy groups -OCH3 is 1. The largest absolute Gasteiger partial charge is 0.464 e. The van der Waals surface area contributed by atoms with Gasteiger partial charge in [0.25, 0.3) is 0 Å². The van der Waals surface area contributed by atoms with Crippen molar-refractivity contribution in [2.75, 3.05) is 7.11 Å². The van der Waals surface area contributed by atoms with Crippen LogP contribution >= 0.6 is 12.2 Å². The second kappa shape index (κ2) is 6.76. The summed E-state index contributed by atoms with van der Waals surface area (Å²) in [5.41, 5.74) is -0.967. The average molecular weight is 362 g/mol. The maximum atomic E-state index is 13.9. The number of benzene rings is 1. The van der Waals surface area contributed by atoms with Crippen LogP contribution in [0.3, 0.4) is 0 Å². The minimum Gasteiger partial charge on any atom is -0.464 e. The smallest absolute Gasteiger partial charge is 0.419 e. The van der Waals surface area contributed by atoms with Crippen LogP contribution in [0.1, 0.15) is 41.0 Å². The predicted octanol–water partition coefficient (Wildman–Crippen LogP) is 4.49. The first-order chi connectivity index (χ1) is 11.2. The van der Waals surface area contributed by atoms with Crippen LogP contribution in [0.25, 0.3) is 0 Å². The van der Waals surface area contributed by atoms with Crippen molar-refractivity contribution < 1.29 is 27.1 Å². The Morgan fingerprint density at radius 1 is 1.42 bits per heavy atom. The number of H-pyrrole nitrogens is 1. The molecule has 0 amide bonds. The molecule has 1 aromatic carbocycles. The summed E-state index contributed by atoms with van der Waals surface area (Å²) in [6.45, 7) is 1.75. The van der Waals surface area contributed by atoms with Crippen LogP contribution in [0.4, 0.5) is 17.6 Å². The fraction of sp³-hybridized carbons (Fsp3) is 0.333. The molecule has 0 saturated heterocycles. The standard InChI is InChI=1S/C15H14F4N2O2S/c1-3-11(21-12(13(22)23-2)7-20-14(21)24)8-4-5-9(10(16)6-8)15(17,18)19/h4-7,11H,3H2,1-2H3,(H,20,24). The molecule has 0 radical (unpaired) electrons. The Hall–Kier alpha value is -2.16. The van der Waals surface area contributed by atoms with E-state index in [9.17, 15) is 22.4 Å². The first kappa shape index (κ1) is 18.2. The van der Waals surface area contributed by atoms with Gasteiger partial charge in [0.1, 0.15) is 11.5 Å². The molecule has 130 valence electrons. The molecule has 0 fully saturated rings. The van der Waals surface area contributed by atoms with E-state index in [1.165, 1.54) is 23.9 Å². The van der Waals surface area contributed by atoms with E-state index in [0.717, 1.165) is 6.07 Å². The van der Waals surface area contributed by atoms with Crippen molar-refractivity contribution in [1.29, 1.82) is 0 Å². The number of aromatic nitrogens is 2. The summed E-state index contributed by atoms with van der Waals surface area (Å²) < 4.78 is 58.2. The molecule has 9 heteroatoms. The molecule has 1 atom stereocenters. The summed E-state index contributed by atoms with van der Waals surface area (Å²) in [6.07, 6.45) is -3.05.